The number of ether oxygens (including phenoxy) is 2. The summed E-state index contributed by atoms with van der Waals surface area (Å²) in [5.74, 6) is 0.295. The van der Waals surface area contributed by atoms with Crippen LogP contribution in [0.2, 0.25) is 0 Å². The minimum Gasteiger partial charge on any atom is -0.489 e. The SMILES string of the molecule is Nc1cc2c(c(C(=O)NC[C@@H]3CCN(Cc4ccc(F)cc4)CC3O)c1)OCCCO2. The number of fused-ring (bicyclic) bond motifs is 1. The van der Waals surface area contributed by atoms with Gasteiger partial charge in [0, 0.05) is 43.7 Å². The largest absolute Gasteiger partial charge is 0.489 e. The number of carbonyl (C=O) groups is 1. The Bertz CT molecular complexity index is 922. The van der Waals surface area contributed by atoms with Crippen molar-refractivity contribution in [3.63, 3.8) is 0 Å². The molecule has 2 aromatic rings. The van der Waals surface area contributed by atoms with Crippen molar-refractivity contribution in [3.8, 4) is 11.5 Å². The molecular formula is C23H28FN3O4. The summed E-state index contributed by atoms with van der Waals surface area (Å²) in [4.78, 5) is 15.0. The summed E-state index contributed by atoms with van der Waals surface area (Å²) in [6.07, 6.45) is 0.919. The summed E-state index contributed by atoms with van der Waals surface area (Å²) in [7, 11) is 0. The van der Waals surface area contributed by atoms with Gasteiger partial charge in [-0.25, -0.2) is 4.39 Å². The van der Waals surface area contributed by atoms with E-state index in [-0.39, 0.29) is 17.6 Å². The predicted octanol–water partition coefficient (Wildman–Crippen LogP) is 2.18. The highest BCUT2D eigenvalue weighted by Gasteiger charge is 2.29. The van der Waals surface area contributed by atoms with Crippen molar-refractivity contribution in [1.82, 2.24) is 10.2 Å². The van der Waals surface area contributed by atoms with Crippen molar-refractivity contribution in [2.45, 2.75) is 25.5 Å². The zero-order chi connectivity index (χ0) is 21.8. The van der Waals surface area contributed by atoms with Crippen LogP contribution in [-0.4, -0.2) is 54.9 Å². The number of amides is 1. The van der Waals surface area contributed by atoms with Gasteiger partial charge in [-0.15, -0.1) is 0 Å². The van der Waals surface area contributed by atoms with Crippen molar-refractivity contribution >= 4 is 11.6 Å². The Morgan fingerprint density at radius 3 is 2.77 bits per heavy atom. The van der Waals surface area contributed by atoms with Gasteiger partial charge in [0.25, 0.3) is 5.91 Å². The molecule has 0 saturated carbocycles. The number of nitrogen functional groups attached to an aromatic ring is 1. The minimum absolute atomic E-state index is 0.0507. The third-order valence-corrected chi connectivity index (χ3v) is 5.76. The first kappa shape index (κ1) is 21.4. The number of hydrogen-bond acceptors (Lipinski definition) is 6. The Balaban J connectivity index is 1.33. The first-order chi connectivity index (χ1) is 15.0. The van der Waals surface area contributed by atoms with Crippen LogP contribution in [0.15, 0.2) is 36.4 Å². The first-order valence-corrected chi connectivity index (χ1v) is 10.6. The van der Waals surface area contributed by atoms with Gasteiger partial charge in [-0.1, -0.05) is 12.1 Å². The molecule has 0 radical (unpaired) electrons. The van der Waals surface area contributed by atoms with Gasteiger partial charge in [0.15, 0.2) is 11.5 Å². The standard InChI is InChI=1S/C23H28FN3O4/c24-17-4-2-15(3-5-17)13-27-7-6-16(20(28)14-27)12-26-23(29)19-10-18(25)11-21-22(19)31-9-1-8-30-21/h2-5,10-11,16,20,28H,1,6-9,12-14,25H2,(H,26,29)/t16-,20?/m0/s1. The molecule has 2 heterocycles. The number of halogens is 1. The maximum atomic E-state index is 13.1. The lowest BCUT2D eigenvalue weighted by Gasteiger charge is -2.36. The zero-order valence-corrected chi connectivity index (χ0v) is 17.4. The lowest BCUT2D eigenvalue weighted by Crippen LogP contribution is -2.47. The topological polar surface area (TPSA) is 97.1 Å². The number of rotatable bonds is 5. The third kappa shape index (κ3) is 5.26. The van der Waals surface area contributed by atoms with Gasteiger partial charge in [0.1, 0.15) is 5.82 Å². The smallest absolute Gasteiger partial charge is 0.255 e. The fourth-order valence-electron chi connectivity index (χ4n) is 4.06. The van der Waals surface area contributed by atoms with E-state index in [1.807, 2.05) is 0 Å². The minimum atomic E-state index is -0.563. The van der Waals surface area contributed by atoms with Gasteiger partial charge >= 0.3 is 0 Å². The fourth-order valence-corrected chi connectivity index (χ4v) is 4.06. The normalized spacial score (nSPS) is 21.4. The Labute approximate surface area is 180 Å². The van der Waals surface area contributed by atoms with Crippen molar-refractivity contribution in [3.05, 3.63) is 53.3 Å². The lowest BCUT2D eigenvalue weighted by atomic mass is 9.93. The summed E-state index contributed by atoms with van der Waals surface area (Å²) in [5.41, 5.74) is 7.72. The number of nitrogens with two attached hydrogens (primary N) is 1. The number of benzene rings is 2. The molecule has 4 N–H and O–H groups in total. The molecule has 0 aliphatic carbocycles. The monoisotopic (exact) mass is 429 g/mol. The number of carbonyl (C=O) groups excluding carboxylic acids is 1. The Morgan fingerprint density at radius 1 is 1.23 bits per heavy atom. The second-order valence-corrected chi connectivity index (χ2v) is 8.13. The number of nitrogens with one attached hydrogen (secondary N) is 1. The number of anilines is 1. The average Bonchev–Trinajstić information content (AvgIpc) is 2.99. The first-order valence-electron chi connectivity index (χ1n) is 10.6. The van der Waals surface area contributed by atoms with Crippen molar-refractivity contribution in [2.75, 3.05) is 38.6 Å². The van der Waals surface area contributed by atoms with Gasteiger partial charge < -0.3 is 25.6 Å². The predicted molar refractivity (Wildman–Crippen MR) is 115 cm³/mol. The molecule has 2 aromatic carbocycles. The highest BCUT2D eigenvalue weighted by molar-refractivity contribution is 5.98. The summed E-state index contributed by atoms with van der Waals surface area (Å²) < 4.78 is 24.5. The molecule has 1 amide bonds. The van der Waals surface area contributed by atoms with Gasteiger partial charge in [-0.3, -0.25) is 9.69 Å². The summed E-state index contributed by atoms with van der Waals surface area (Å²) in [6.45, 7) is 3.29. The molecule has 1 saturated heterocycles. The third-order valence-electron chi connectivity index (χ3n) is 5.76. The molecular weight excluding hydrogens is 401 g/mol. The second kappa shape index (κ2) is 9.53. The van der Waals surface area contributed by atoms with Crippen LogP contribution in [0.1, 0.15) is 28.8 Å². The molecule has 2 atom stereocenters. The van der Waals surface area contributed by atoms with Crippen molar-refractivity contribution < 1.29 is 23.8 Å². The van der Waals surface area contributed by atoms with Crippen LogP contribution in [0.5, 0.6) is 11.5 Å². The molecule has 4 rings (SSSR count). The number of hydrogen-bond donors (Lipinski definition) is 3. The van der Waals surface area contributed by atoms with E-state index in [0.717, 1.165) is 24.9 Å². The maximum Gasteiger partial charge on any atom is 0.255 e. The van der Waals surface area contributed by atoms with E-state index in [1.165, 1.54) is 12.1 Å². The molecule has 1 unspecified atom stereocenters. The molecule has 166 valence electrons. The molecule has 31 heavy (non-hydrogen) atoms. The van der Waals surface area contributed by atoms with Crippen LogP contribution < -0.4 is 20.5 Å². The quantitative estimate of drug-likeness (QED) is 0.631. The van der Waals surface area contributed by atoms with Gasteiger partial charge in [0.2, 0.25) is 0 Å². The number of β-amino-alcohol motifs (C(OH)–C–C–N with tert-alkyl or cyclic N) is 1. The van der Waals surface area contributed by atoms with Gasteiger partial charge in [-0.2, -0.15) is 0 Å². The zero-order valence-electron chi connectivity index (χ0n) is 17.4. The number of aliphatic hydroxyl groups is 1. The van der Waals surface area contributed by atoms with Crippen LogP contribution in [0, 0.1) is 11.7 Å². The highest BCUT2D eigenvalue weighted by atomic mass is 19.1. The number of likely N-dealkylation sites (tertiary alicyclic amines) is 1. The second-order valence-electron chi connectivity index (χ2n) is 8.13. The number of piperidine rings is 1. The molecule has 0 spiro atoms. The molecule has 0 aromatic heterocycles. The highest BCUT2D eigenvalue weighted by Crippen LogP contribution is 2.35. The van der Waals surface area contributed by atoms with E-state index in [1.54, 1.807) is 24.3 Å². The maximum absolute atomic E-state index is 13.1. The molecule has 8 heteroatoms. The van der Waals surface area contributed by atoms with E-state index in [9.17, 15) is 14.3 Å². The molecule has 2 aliphatic heterocycles. The van der Waals surface area contributed by atoms with E-state index >= 15 is 0 Å². The fraction of sp³-hybridized carbons (Fsp3) is 0.435. The van der Waals surface area contributed by atoms with E-state index in [4.69, 9.17) is 15.2 Å². The molecule has 0 bridgehead atoms. The Morgan fingerprint density at radius 2 is 2.00 bits per heavy atom. The number of nitrogens with zero attached hydrogens (tertiary/aromatic N) is 1. The van der Waals surface area contributed by atoms with E-state index < -0.39 is 6.10 Å². The van der Waals surface area contributed by atoms with Crippen LogP contribution in [0.3, 0.4) is 0 Å². The van der Waals surface area contributed by atoms with Crippen molar-refractivity contribution in [1.29, 1.82) is 0 Å². The number of aliphatic hydroxyl groups excluding tert-OH is 1. The Hall–Kier alpha value is -2.84. The molecule has 2 aliphatic rings. The summed E-state index contributed by atoms with van der Waals surface area (Å²) in [6, 6.07) is 9.66. The van der Waals surface area contributed by atoms with Crippen LogP contribution in [0.25, 0.3) is 0 Å². The summed E-state index contributed by atoms with van der Waals surface area (Å²) >= 11 is 0. The van der Waals surface area contributed by atoms with E-state index in [0.29, 0.717) is 55.6 Å². The van der Waals surface area contributed by atoms with Gasteiger partial charge in [0.05, 0.1) is 24.9 Å². The van der Waals surface area contributed by atoms with Crippen LogP contribution in [-0.2, 0) is 6.54 Å². The average molecular weight is 429 g/mol. The molecule has 1 fully saturated rings. The molecule has 7 nitrogen and oxygen atoms in total. The van der Waals surface area contributed by atoms with E-state index in [2.05, 4.69) is 10.2 Å². The van der Waals surface area contributed by atoms with Crippen molar-refractivity contribution in [2.24, 2.45) is 5.92 Å². The lowest BCUT2D eigenvalue weighted by molar-refractivity contribution is 0.0190. The van der Waals surface area contributed by atoms with Crippen LogP contribution in [0.4, 0.5) is 10.1 Å². The van der Waals surface area contributed by atoms with Crippen LogP contribution >= 0.6 is 0 Å². The summed E-state index contributed by atoms with van der Waals surface area (Å²) in [5, 5.41) is 13.5. The van der Waals surface area contributed by atoms with Gasteiger partial charge in [-0.05, 0) is 36.7 Å². The Kier molecular flexibility index (Phi) is 6.58.